The number of hydrogen-bond donors (Lipinski definition) is 4. The van der Waals surface area contributed by atoms with Crippen molar-refractivity contribution in [3.63, 3.8) is 0 Å². The number of hydrogen-bond acceptors (Lipinski definition) is 4. The highest BCUT2D eigenvalue weighted by molar-refractivity contribution is 5.44. The molecule has 0 aliphatic rings. The Bertz CT molecular complexity index is 219. The zero-order chi connectivity index (χ0) is 9.40. The average molecular weight is 170 g/mol. The normalized spacial score (nSPS) is 7.75. The van der Waals surface area contributed by atoms with E-state index in [-0.39, 0.29) is 11.5 Å². The van der Waals surface area contributed by atoms with Crippen LogP contribution in [0.4, 0.5) is 0 Å². The Balaban J connectivity index is 0.000000261. The topological polar surface area (TPSA) is 95.6 Å². The molecule has 12 heavy (non-hydrogen) atoms. The van der Waals surface area contributed by atoms with Gasteiger partial charge in [0.05, 0.1) is 0 Å². The third-order valence-corrected chi connectivity index (χ3v) is 0.950. The minimum Gasteiger partial charge on any atom is -0.504 e. The Kier molecular flexibility index (Phi) is 5.12. The molecule has 0 saturated heterocycles. The first-order chi connectivity index (χ1) is 5.72. The van der Waals surface area contributed by atoms with Crippen LogP contribution in [0.1, 0.15) is 0 Å². The number of nitrogens with two attached hydrogens (primary N) is 1. The maximum absolute atomic E-state index is 8.94. The third kappa shape index (κ3) is 4.13. The molecule has 5 nitrogen and oxygen atoms in total. The lowest BCUT2D eigenvalue weighted by molar-refractivity contribution is -0.109. The standard InChI is InChI=1S/C6H6O2.CH4N2O/c7-5-3-1-2-4-6(5)8;2-3-1-4/h1-4,7-8H;1H,2H2,(H,3,4). The van der Waals surface area contributed by atoms with Crippen molar-refractivity contribution < 1.29 is 15.0 Å². The molecule has 5 N–H and O–H groups in total. The van der Waals surface area contributed by atoms with Gasteiger partial charge in [-0.3, -0.25) is 10.2 Å². The number of phenols is 2. The van der Waals surface area contributed by atoms with E-state index in [1.807, 2.05) is 0 Å². The van der Waals surface area contributed by atoms with Gasteiger partial charge < -0.3 is 10.2 Å². The molecule has 0 aliphatic heterocycles. The number of aromatic hydroxyl groups is 2. The van der Waals surface area contributed by atoms with Gasteiger partial charge in [-0.15, -0.1) is 0 Å². The van der Waals surface area contributed by atoms with Crippen LogP contribution in [0.15, 0.2) is 24.3 Å². The molecule has 0 radical (unpaired) electrons. The molecule has 0 saturated carbocycles. The van der Waals surface area contributed by atoms with Gasteiger partial charge in [0.25, 0.3) is 0 Å². The lowest BCUT2D eigenvalue weighted by atomic mass is 10.3. The van der Waals surface area contributed by atoms with Crippen molar-refractivity contribution in [2.24, 2.45) is 5.84 Å². The first-order valence-electron chi connectivity index (χ1n) is 3.09. The molecule has 0 heterocycles. The molecule has 0 spiro atoms. The summed E-state index contributed by atoms with van der Waals surface area (Å²) in [5.41, 5.74) is 1.75. The van der Waals surface area contributed by atoms with Gasteiger partial charge in [-0.25, -0.2) is 5.84 Å². The quantitative estimate of drug-likeness (QED) is 0.153. The van der Waals surface area contributed by atoms with Gasteiger partial charge in [0.15, 0.2) is 11.5 Å². The van der Waals surface area contributed by atoms with E-state index in [0.29, 0.717) is 6.41 Å². The van der Waals surface area contributed by atoms with E-state index in [1.54, 1.807) is 17.6 Å². The number of benzene rings is 1. The summed E-state index contributed by atoms with van der Waals surface area (Å²) in [4.78, 5) is 8.94. The molecule has 1 rings (SSSR count). The largest absolute Gasteiger partial charge is 0.504 e. The van der Waals surface area contributed by atoms with Crippen molar-refractivity contribution in [3.8, 4) is 11.5 Å². The molecule has 66 valence electrons. The van der Waals surface area contributed by atoms with Crippen LogP contribution in [0.2, 0.25) is 0 Å². The summed E-state index contributed by atoms with van der Waals surface area (Å²) in [5, 5.41) is 17.3. The molecule has 0 bridgehead atoms. The molecular weight excluding hydrogens is 160 g/mol. The van der Waals surface area contributed by atoms with E-state index >= 15 is 0 Å². The van der Waals surface area contributed by atoms with Crippen LogP contribution in [0, 0.1) is 0 Å². The fraction of sp³-hybridized carbons (Fsp3) is 0. The van der Waals surface area contributed by atoms with E-state index in [2.05, 4.69) is 5.84 Å². The molecule has 1 amide bonds. The van der Waals surface area contributed by atoms with Crippen molar-refractivity contribution in [1.82, 2.24) is 5.43 Å². The van der Waals surface area contributed by atoms with Gasteiger partial charge in [-0.1, -0.05) is 12.1 Å². The van der Waals surface area contributed by atoms with Crippen molar-refractivity contribution in [2.75, 3.05) is 0 Å². The molecule has 1 aromatic carbocycles. The summed E-state index contributed by atoms with van der Waals surface area (Å²) in [6.45, 7) is 0. The Morgan fingerprint density at radius 1 is 1.25 bits per heavy atom. The van der Waals surface area contributed by atoms with Crippen LogP contribution in [0.3, 0.4) is 0 Å². The van der Waals surface area contributed by atoms with Gasteiger partial charge >= 0.3 is 0 Å². The Morgan fingerprint density at radius 3 is 1.75 bits per heavy atom. The second-order valence-electron chi connectivity index (χ2n) is 1.77. The Morgan fingerprint density at radius 2 is 1.58 bits per heavy atom. The molecule has 0 atom stereocenters. The highest BCUT2D eigenvalue weighted by Crippen LogP contribution is 2.21. The number of carbonyl (C=O) groups excluding carboxylic acids is 1. The highest BCUT2D eigenvalue weighted by Gasteiger charge is 1.90. The number of rotatable bonds is 1. The molecule has 0 fully saturated rings. The number of phenolic OH excluding ortho intramolecular Hbond substituents is 2. The summed E-state index contributed by atoms with van der Waals surface area (Å²) in [5.74, 6) is 4.26. The number of amides is 1. The van der Waals surface area contributed by atoms with Crippen molar-refractivity contribution in [3.05, 3.63) is 24.3 Å². The number of para-hydroxylation sites is 2. The zero-order valence-electron chi connectivity index (χ0n) is 6.27. The Hall–Kier alpha value is -1.75. The SMILES string of the molecule is NNC=O.Oc1ccccc1O. The van der Waals surface area contributed by atoms with Crippen LogP contribution in [0.5, 0.6) is 11.5 Å². The molecular formula is C7H10N2O3. The highest BCUT2D eigenvalue weighted by atomic mass is 16.3. The second-order valence-corrected chi connectivity index (χ2v) is 1.77. The summed E-state index contributed by atoms with van der Waals surface area (Å²) in [7, 11) is 0. The second kappa shape index (κ2) is 5.99. The van der Waals surface area contributed by atoms with E-state index in [9.17, 15) is 0 Å². The third-order valence-electron chi connectivity index (χ3n) is 0.950. The monoisotopic (exact) mass is 170 g/mol. The summed E-state index contributed by atoms with van der Waals surface area (Å²) in [6, 6.07) is 6.15. The fourth-order valence-corrected chi connectivity index (χ4v) is 0.464. The zero-order valence-corrected chi connectivity index (χ0v) is 6.27. The first-order valence-corrected chi connectivity index (χ1v) is 3.09. The van der Waals surface area contributed by atoms with Gasteiger partial charge in [0, 0.05) is 0 Å². The van der Waals surface area contributed by atoms with Crippen LogP contribution < -0.4 is 11.3 Å². The molecule has 5 heteroatoms. The predicted octanol–water partition coefficient (Wildman–Crippen LogP) is -0.296. The van der Waals surface area contributed by atoms with E-state index < -0.39 is 0 Å². The van der Waals surface area contributed by atoms with Gasteiger partial charge in [-0.05, 0) is 12.1 Å². The van der Waals surface area contributed by atoms with E-state index in [0.717, 1.165) is 0 Å². The number of hydrazine groups is 1. The van der Waals surface area contributed by atoms with Crippen molar-refractivity contribution >= 4 is 6.41 Å². The smallest absolute Gasteiger partial charge is 0.221 e. The summed E-state index contributed by atoms with van der Waals surface area (Å²) >= 11 is 0. The fourth-order valence-electron chi connectivity index (χ4n) is 0.464. The molecule has 0 aliphatic carbocycles. The maximum atomic E-state index is 8.94. The summed E-state index contributed by atoms with van der Waals surface area (Å²) in [6.07, 6.45) is 0.403. The minimum absolute atomic E-state index is 0.0764. The predicted molar refractivity (Wildman–Crippen MR) is 43.2 cm³/mol. The average Bonchev–Trinajstić information content (AvgIpc) is 2.11. The van der Waals surface area contributed by atoms with E-state index in [1.165, 1.54) is 12.1 Å². The van der Waals surface area contributed by atoms with Gasteiger partial charge in [0.1, 0.15) is 0 Å². The van der Waals surface area contributed by atoms with Crippen LogP contribution in [-0.2, 0) is 4.79 Å². The molecule has 0 unspecified atom stereocenters. The minimum atomic E-state index is -0.0764. The maximum Gasteiger partial charge on any atom is 0.221 e. The lowest BCUT2D eigenvalue weighted by Gasteiger charge is -1.91. The number of carbonyl (C=O) groups is 1. The van der Waals surface area contributed by atoms with Crippen LogP contribution in [0.25, 0.3) is 0 Å². The number of nitrogens with one attached hydrogen (secondary N) is 1. The van der Waals surface area contributed by atoms with Crippen LogP contribution >= 0.6 is 0 Å². The first kappa shape index (κ1) is 10.2. The molecule has 0 aromatic heterocycles. The van der Waals surface area contributed by atoms with E-state index in [4.69, 9.17) is 15.0 Å². The lowest BCUT2D eigenvalue weighted by Crippen LogP contribution is -2.18. The molecule has 1 aromatic rings. The van der Waals surface area contributed by atoms with Crippen molar-refractivity contribution in [2.45, 2.75) is 0 Å². The van der Waals surface area contributed by atoms with Gasteiger partial charge in [0.2, 0.25) is 6.41 Å². The van der Waals surface area contributed by atoms with Crippen molar-refractivity contribution in [1.29, 1.82) is 0 Å². The summed E-state index contributed by atoms with van der Waals surface area (Å²) < 4.78 is 0. The Labute approximate surface area is 69.4 Å². The van der Waals surface area contributed by atoms with Crippen LogP contribution in [-0.4, -0.2) is 16.6 Å². The van der Waals surface area contributed by atoms with Gasteiger partial charge in [-0.2, -0.15) is 0 Å².